The second kappa shape index (κ2) is 11.5. The molecule has 1 aliphatic heterocycles. The first-order chi connectivity index (χ1) is 16.9. The number of ether oxygens (including phenoxy) is 2. The molecule has 4 rings (SSSR count). The zero-order chi connectivity index (χ0) is 24.8. The van der Waals surface area contributed by atoms with Gasteiger partial charge in [-0.1, -0.05) is 36.4 Å². The van der Waals surface area contributed by atoms with Crippen LogP contribution in [0.25, 0.3) is 0 Å². The van der Waals surface area contributed by atoms with E-state index in [0.717, 1.165) is 21.6 Å². The second-order valence-electron chi connectivity index (χ2n) is 8.29. The molecular formula is C27H27NO6S. The van der Waals surface area contributed by atoms with Crippen molar-refractivity contribution in [2.24, 2.45) is 0 Å². The van der Waals surface area contributed by atoms with Gasteiger partial charge in [-0.25, -0.2) is 4.79 Å². The molecule has 0 radical (unpaired) electrons. The van der Waals surface area contributed by atoms with Gasteiger partial charge in [-0.15, -0.1) is 11.8 Å². The summed E-state index contributed by atoms with van der Waals surface area (Å²) >= 11 is 1.60. The zero-order valence-electron chi connectivity index (χ0n) is 19.2. The van der Waals surface area contributed by atoms with Crippen molar-refractivity contribution < 1.29 is 29.3 Å². The van der Waals surface area contributed by atoms with Crippen molar-refractivity contribution in [2.45, 2.75) is 43.3 Å². The maximum atomic E-state index is 11.3. The Morgan fingerprint density at radius 2 is 1.60 bits per heavy atom. The number of hydrogen-bond acceptors (Lipinski definition) is 6. The van der Waals surface area contributed by atoms with Crippen LogP contribution < -0.4 is 5.32 Å². The fourth-order valence-corrected chi connectivity index (χ4v) is 4.75. The van der Waals surface area contributed by atoms with E-state index in [1.165, 1.54) is 6.92 Å². The monoisotopic (exact) mass is 493 g/mol. The zero-order valence-corrected chi connectivity index (χ0v) is 20.0. The number of carboxylic acids is 1. The number of aliphatic hydroxyl groups excluding tert-OH is 1. The van der Waals surface area contributed by atoms with E-state index in [2.05, 4.69) is 5.32 Å². The Morgan fingerprint density at radius 1 is 0.943 bits per heavy atom. The van der Waals surface area contributed by atoms with Crippen LogP contribution in [0, 0.1) is 0 Å². The lowest BCUT2D eigenvalue weighted by Gasteiger charge is -2.36. The van der Waals surface area contributed by atoms with Crippen molar-refractivity contribution in [2.75, 3.05) is 11.1 Å². The standard InChI is InChI=1S/C27H27NO6S/c1-17(30)28-22-10-6-21(7-11-22)27-33-23(16-35-24-12-8-20(9-13-24)26(31)32)14-25(34-27)19-4-2-18(15-29)3-5-19/h2-13,23,25,27,29H,14-16H2,1H3,(H,28,30)(H,31,32)/t23-,25+,27+/m1/s1. The fourth-order valence-electron chi connectivity index (χ4n) is 3.83. The van der Waals surface area contributed by atoms with Crippen LogP contribution in [0.15, 0.2) is 77.7 Å². The number of anilines is 1. The first kappa shape index (κ1) is 24.9. The van der Waals surface area contributed by atoms with Gasteiger partial charge in [0.05, 0.1) is 24.4 Å². The number of hydrogen-bond donors (Lipinski definition) is 3. The second-order valence-corrected chi connectivity index (χ2v) is 9.39. The van der Waals surface area contributed by atoms with Gasteiger partial charge in [-0.2, -0.15) is 0 Å². The molecule has 3 N–H and O–H groups in total. The van der Waals surface area contributed by atoms with E-state index in [0.29, 0.717) is 17.9 Å². The molecule has 1 aliphatic rings. The van der Waals surface area contributed by atoms with Crippen molar-refractivity contribution in [1.82, 2.24) is 0 Å². The number of nitrogens with one attached hydrogen (secondary N) is 1. The van der Waals surface area contributed by atoms with Crippen LogP contribution in [0.4, 0.5) is 5.69 Å². The normalized spacial score (nSPS) is 19.8. The molecule has 0 spiro atoms. The van der Waals surface area contributed by atoms with Crippen LogP contribution in [-0.2, 0) is 20.9 Å². The molecule has 35 heavy (non-hydrogen) atoms. The molecule has 182 valence electrons. The van der Waals surface area contributed by atoms with Gasteiger partial charge in [0.1, 0.15) is 0 Å². The van der Waals surface area contributed by atoms with Gasteiger partial charge >= 0.3 is 5.97 Å². The number of carboxylic acid groups (broad SMARTS) is 1. The molecule has 1 heterocycles. The van der Waals surface area contributed by atoms with Crippen molar-refractivity contribution in [1.29, 1.82) is 0 Å². The molecule has 3 aromatic carbocycles. The number of benzene rings is 3. The van der Waals surface area contributed by atoms with Crippen LogP contribution in [0.2, 0.25) is 0 Å². The van der Waals surface area contributed by atoms with Gasteiger partial charge in [-0.05, 0) is 47.5 Å². The number of aromatic carboxylic acids is 1. The van der Waals surface area contributed by atoms with Crippen LogP contribution in [0.5, 0.6) is 0 Å². The average Bonchev–Trinajstić information content (AvgIpc) is 2.87. The van der Waals surface area contributed by atoms with Crippen LogP contribution >= 0.6 is 11.8 Å². The molecule has 1 saturated heterocycles. The van der Waals surface area contributed by atoms with Crippen molar-refractivity contribution >= 4 is 29.3 Å². The third-order valence-corrected chi connectivity index (χ3v) is 6.80. The summed E-state index contributed by atoms with van der Waals surface area (Å²) < 4.78 is 12.6. The average molecular weight is 494 g/mol. The minimum absolute atomic E-state index is 0.0158. The number of amides is 1. The number of aliphatic hydroxyl groups is 1. The topological polar surface area (TPSA) is 105 Å². The van der Waals surface area contributed by atoms with Gasteiger partial charge in [0.25, 0.3) is 0 Å². The quantitative estimate of drug-likeness (QED) is 0.372. The van der Waals surface area contributed by atoms with Crippen molar-refractivity contribution in [3.8, 4) is 0 Å². The van der Waals surface area contributed by atoms with E-state index < -0.39 is 12.3 Å². The predicted molar refractivity (Wildman–Crippen MR) is 133 cm³/mol. The third kappa shape index (κ3) is 6.70. The van der Waals surface area contributed by atoms with E-state index in [1.54, 1.807) is 36.0 Å². The number of rotatable bonds is 8. The Bertz CT molecular complexity index is 1150. The first-order valence-electron chi connectivity index (χ1n) is 11.3. The SMILES string of the molecule is CC(=O)Nc1ccc([C@H]2O[C@@H](CSc3ccc(C(=O)O)cc3)C[C@@H](c3ccc(CO)cc3)O2)cc1. The minimum atomic E-state index is -0.947. The van der Waals surface area contributed by atoms with E-state index in [-0.39, 0.29) is 30.3 Å². The van der Waals surface area contributed by atoms with Gasteiger partial charge in [0.2, 0.25) is 5.91 Å². The lowest BCUT2D eigenvalue weighted by molar-refractivity contribution is -0.245. The maximum absolute atomic E-state index is 11.3. The van der Waals surface area contributed by atoms with Crippen LogP contribution in [-0.4, -0.2) is 33.9 Å². The molecule has 3 atom stereocenters. The summed E-state index contributed by atoms with van der Waals surface area (Å²) in [6.45, 7) is 1.45. The van der Waals surface area contributed by atoms with E-state index in [1.807, 2.05) is 48.5 Å². The highest BCUT2D eigenvalue weighted by Gasteiger charge is 2.32. The Labute approximate surface area is 208 Å². The molecule has 3 aromatic rings. The molecule has 0 unspecified atom stereocenters. The molecule has 1 amide bonds. The molecule has 1 fully saturated rings. The van der Waals surface area contributed by atoms with Crippen molar-refractivity contribution in [3.05, 3.63) is 95.1 Å². The van der Waals surface area contributed by atoms with Gasteiger partial charge in [0.15, 0.2) is 6.29 Å². The minimum Gasteiger partial charge on any atom is -0.478 e. The largest absolute Gasteiger partial charge is 0.478 e. The fraction of sp³-hybridized carbons (Fsp3) is 0.259. The Kier molecular flexibility index (Phi) is 8.20. The smallest absolute Gasteiger partial charge is 0.335 e. The summed E-state index contributed by atoms with van der Waals surface area (Å²) in [6.07, 6.45) is -0.247. The van der Waals surface area contributed by atoms with E-state index >= 15 is 0 Å². The third-order valence-electron chi connectivity index (χ3n) is 5.66. The lowest BCUT2D eigenvalue weighted by atomic mass is 10.0. The molecule has 0 aromatic heterocycles. The summed E-state index contributed by atoms with van der Waals surface area (Å²) in [6, 6.07) is 21.9. The lowest BCUT2D eigenvalue weighted by Crippen LogP contribution is -2.31. The summed E-state index contributed by atoms with van der Waals surface area (Å²) in [5.74, 6) is -0.416. The summed E-state index contributed by atoms with van der Waals surface area (Å²) in [7, 11) is 0. The molecular weight excluding hydrogens is 466 g/mol. The molecule has 0 saturated carbocycles. The van der Waals surface area contributed by atoms with Crippen molar-refractivity contribution in [3.63, 3.8) is 0 Å². The summed E-state index contributed by atoms with van der Waals surface area (Å²) in [4.78, 5) is 23.4. The van der Waals surface area contributed by atoms with Gasteiger partial charge < -0.3 is 25.0 Å². The molecule has 0 aliphatic carbocycles. The molecule has 0 bridgehead atoms. The number of carbonyl (C=O) groups excluding carboxylic acids is 1. The van der Waals surface area contributed by atoms with Gasteiger partial charge in [0, 0.05) is 35.2 Å². The Morgan fingerprint density at radius 3 is 2.20 bits per heavy atom. The summed E-state index contributed by atoms with van der Waals surface area (Å²) in [5, 5.41) is 21.2. The van der Waals surface area contributed by atoms with Crippen LogP contribution in [0.1, 0.15) is 52.8 Å². The number of thioether (sulfide) groups is 1. The van der Waals surface area contributed by atoms with Crippen LogP contribution in [0.3, 0.4) is 0 Å². The van der Waals surface area contributed by atoms with E-state index in [9.17, 15) is 14.7 Å². The predicted octanol–water partition coefficient (Wildman–Crippen LogP) is 5.17. The molecule has 8 heteroatoms. The highest BCUT2D eigenvalue weighted by molar-refractivity contribution is 7.99. The highest BCUT2D eigenvalue weighted by Crippen LogP contribution is 2.39. The Balaban J connectivity index is 1.50. The first-order valence-corrected chi connectivity index (χ1v) is 12.2. The number of carbonyl (C=O) groups is 2. The van der Waals surface area contributed by atoms with E-state index in [4.69, 9.17) is 14.6 Å². The summed E-state index contributed by atoms with van der Waals surface area (Å²) in [5.41, 5.74) is 3.64. The highest BCUT2D eigenvalue weighted by atomic mass is 32.2. The molecule has 7 nitrogen and oxygen atoms in total. The van der Waals surface area contributed by atoms with Gasteiger partial charge in [-0.3, -0.25) is 4.79 Å². The maximum Gasteiger partial charge on any atom is 0.335 e. The Hall–Kier alpha value is -3.17.